The van der Waals surface area contributed by atoms with Crippen molar-refractivity contribution in [1.82, 2.24) is 5.48 Å². The number of nitrogens with one attached hydrogen (secondary N) is 1. The van der Waals surface area contributed by atoms with Crippen LogP contribution in [0.4, 0.5) is 0 Å². The van der Waals surface area contributed by atoms with Crippen molar-refractivity contribution >= 4 is 27.5 Å². The van der Waals surface area contributed by atoms with Gasteiger partial charge < -0.3 is 0 Å². The van der Waals surface area contributed by atoms with E-state index >= 15 is 0 Å². The summed E-state index contributed by atoms with van der Waals surface area (Å²) in [6, 6.07) is 5.94. The summed E-state index contributed by atoms with van der Waals surface area (Å²) in [6.45, 7) is 2.15. The predicted molar refractivity (Wildman–Crippen MR) is 62.6 cm³/mol. The Bertz CT molecular complexity index is 425. The number of hydroxylamine groups is 1. The number of hydrogen-bond acceptors (Lipinski definition) is 2. The van der Waals surface area contributed by atoms with Gasteiger partial charge in [-0.3, -0.25) is 4.84 Å². The molecule has 2 nitrogen and oxygen atoms in total. The van der Waals surface area contributed by atoms with Crippen molar-refractivity contribution in [2.45, 2.75) is 25.0 Å². The Morgan fingerprint density at radius 2 is 2.40 bits per heavy atom. The molecule has 2 fully saturated rings. The topological polar surface area (TPSA) is 21.3 Å². The van der Waals surface area contributed by atoms with Crippen LogP contribution < -0.4 is 5.48 Å². The number of rotatable bonds is 1. The Balaban J connectivity index is 2.08. The van der Waals surface area contributed by atoms with E-state index in [0.717, 1.165) is 21.5 Å². The maximum absolute atomic E-state index is 6.23. The minimum atomic E-state index is -0.133. The lowest BCUT2D eigenvalue weighted by Gasteiger charge is -2.27. The molecule has 1 heterocycles. The molecule has 1 aliphatic carbocycles. The zero-order valence-corrected chi connectivity index (χ0v) is 10.6. The molecule has 0 spiro atoms. The molecule has 1 N–H and O–H groups in total. The van der Waals surface area contributed by atoms with Gasteiger partial charge in [0.25, 0.3) is 0 Å². The monoisotopic (exact) mass is 287 g/mol. The molecular formula is C11H11BrClNO. The van der Waals surface area contributed by atoms with E-state index in [1.807, 2.05) is 12.1 Å². The fourth-order valence-electron chi connectivity index (χ4n) is 2.33. The van der Waals surface area contributed by atoms with Gasteiger partial charge in [0.2, 0.25) is 0 Å². The molecule has 0 amide bonds. The van der Waals surface area contributed by atoms with E-state index in [1.165, 1.54) is 0 Å². The number of hydrogen-bond donors (Lipinski definition) is 1. The first-order valence-electron chi connectivity index (χ1n) is 4.99. The summed E-state index contributed by atoms with van der Waals surface area (Å²) in [7, 11) is 0. The van der Waals surface area contributed by atoms with Crippen LogP contribution in [0.15, 0.2) is 22.7 Å². The highest BCUT2D eigenvalue weighted by Gasteiger charge is 2.58. The molecule has 1 aromatic rings. The maximum Gasteiger partial charge on any atom is 0.0845 e. The van der Waals surface area contributed by atoms with E-state index in [2.05, 4.69) is 34.4 Å². The summed E-state index contributed by atoms with van der Waals surface area (Å²) >= 11 is 9.71. The number of benzene rings is 1. The van der Waals surface area contributed by atoms with Crippen molar-refractivity contribution in [3.05, 3.63) is 33.3 Å². The zero-order valence-electron chi connectivity index (χ0n) is 8.26. The second-order valence-electron chi connectivity index (χ2n) is 4.43. The van der Waals surface area contributed by atoms with Gasteiger partial charge in [-0.2, -0.15) is 5.48 Å². The fraction of sp³-hybridized carbons (Fsp3) is 0.455. The summed E-state index contributed by atoms with van der Waals surface area (Å²) in [6.07, 6.45) is 1.51. The Morgan fingerprint density at radius 3 is 3.00 bits per heavy atom. The Kier molecular flexibility index (Phi) is 2.15. The lowest BCUT2D eigenvalue weighted by molar-refractivity contribution is 0.0223. The summed E-state index contributed by atoms with van der Waals surface area (Å²) in [5, 5.41) is 0.796. The van der Waals surface area contributed by atoms with Gasteiger partial charge in [0, 0.05) is 15.4 Å². The predicted octanol–water partition coefficient (Wildman–Crippen LogP) is 3.24. The second kappa shape index (κ2) is 3.20. The van der Waals surface area contributed by atoms with Crippen molar-refractivity contribution in [3.63, 3.8) is 0 Å². The third-order valence-corrected chi connectivity index (χ3v) is 4.21. The Labute approximate surface area is 102 Å². The van der Waals surface area contributed by atoms with Crippen LogP contribution in [0.1, 0.15) is 18.9 Å². The van der Waals surface area contributed by atoms with Gasteiger partial charge in [0.15, 0.2) is 0 Å². The van der Waals surface area contributed by atoms with Gasteiger partial charge in [0.05, 0.1) is 11.6 Å². The van der Waals surface area contributed by atoms with Crippen LogP contribution in [0.25, 0.3) is 0 Å². The normalized spacial score (nSPS) is 37.8. The third-order valence-electron chi connectivity index (χ3n) is 3.38. The van der Waals surface area contributed by atoms with Crippen LogP contribution in [0.3, 0.4) is 0 Å². The summed E-state index contributed by atoms with van der Waals surface area (Å²) in [5.41, 5.74) is 4.09. The number of fused-ring (bicyclic) bond motifs is 1. The van der Waals surface area contributed by atoms with Crippen molar-refractivity contribution in [3.8, 4) is 0 Å². The van der Waals surface area contributed by atoms with Crippen LogP contribution in [0.5, 0.6) is 0 Å². The molecule has 1 saturated heterocycles. The quantitative estimate of drug-likeness (QED) is 0.856. The van der Waals surface area contributed by atoms with Crippen LogP contribution in [0.2, 0.25) is 5.02 Å². The van der Waals surface area contributed by atoms with Crippen molar-refractivity contribution in [2.24, 2.45) is 5.92 Å². The minimum Gasteiger partial charge on any atom is -0.297 e. The van der Waals surface area contributed by atoms with Crippen LogP contribution >= 0.6 is 27.5 Å². The average molecular weight is 289 g/mol. The molecular weight excluding hydrogens is 277 g/mol. The lowest BCUT2D eigenvalue weighted by atomic mass is 9.88. The largest absolute Gasteiger partial charge is 0.297 e. The lowest BCUT2D eigenvalue weighted by Crippen LogP contribution is -2.36. The first-order valence-corrected chi connectivity index (χ1v) is 6.17. The Morgan fingerprint density at radius 1 is 1.60 bits per heavy atom. The van der Waals surface area contributed by atoms with E-state index in [4.69, 9.17) is 16.4 Å². The Hall–Kier alpha value is -0.0900. The smallest absolute Gasteiger partial charge is 0.0845 e. The molecule has 2 aliphatic rings. The molecule has 1 saturated carbocycles. The maximum atomic E-state index is 6.23. The van der Waals surface area contributed by atoms with Gasteiger partial charge in [-0.05, 0) is 37.1 Å². The molecule has 1 aliphatic heterocycles. The van der Waals surface area contributed by atoms with Gasteiger partial charge >= 0.3 is 0 Å². The minimum absolute atomic E-state index is 0.133. The van der Waals surface area contributed by atoms with Crippen molar-refractivity contribution in [1.29, 1.82) is 0 Å². The van der Waals surface area contributed by atoms with E-state index in [9.17, 15) is 0 Å². The molecule has 15 heavy (non-hydrogen) atoms. The third kappa shape index (κ3) is 1.45. The SMILES string of the molecule is C[C@]1(c2cc(Br)ccc2Cl)NO[C@@H]2CC21. The molecule has 3 rings (SSSR count). The first kappa shape index (κ1) is 10.1. The standard InChI is InChI=1S/C11H11BrClNO/c1-11(8-5-10(8)15-14-11)7-4-6(12)2-3-9(7)13/h2-4,8,10,14H,5H2,1H3/t8?,10-,11-/m1/s1. The van der Waals surface area contributed by atoms with Crippen LogP contribution in [-0.4, -0.2) is 6.10 Å². The molecule has 80 valence electrons. The second-order valence-corrected chi connectivity index (χ2v) is 5.75. The fourth-order valence-corrected chi connectivity index (χ4v) is 3.01. The molecule has 1 unspecified atom stereocenters. The van der Waals surface area contributed by atoms with E-state index in [1.54, 1.807) is 0 Å². The molecule has 3 atom stereocenters. The molecule has 0 bridgehead atoms. The molecule has 4 heteroatoms. The van der Waals surface area contributed by atoms with Gasteiger partial charge in [-0.25, -0.2) is 0 Å². The summed E-state index contributed by atoms with van der Waals surface area (Å²) in [4.78, 5) is 5.47. The molecule has 1 aromatic carbocycles. The average Bonchev–Trinajstić information content (AvgIpc) is 2.92. The highest BCUT2D eigenvalue weighted by Crippen LogP contribution is 2.53. The summed E-state index contributed by atoms with van der Waals surface area (Å²) in [5.74, 6) is 0.560. The van der Waals surface area contributed by atoms with Crippen molar-refractivity contribution in [2.75, 3.05) is 0 Å². The highest BCUT2D eigenvalue weighted by molar-refractivity contribution is 9.10. The van der Waals surface area contributed by atoms with E-state index in [0.29, 0.717) is 12.0 Å². The highest BCUT2D eigenvalue weighted by atomic mass is 79.9. The van der Waals surface area contributed by atoms with Gasteiger partial charge in [-0.1, -0.05) is 27.5 Å². The summed E-state index contributed by atoms with van der Waals surface area (Å²) < 4.78 is 1.05. The zero-order chi connectivity index (χ0) is 10.6. The first-order chi connectivity index (χ1) is 7.11. The molecule has 0 radical (unpaired) electrons. The van der Waals surface area contributed by atoms with Crippen molar-refractivity contribution < 1.29 is 4.84 Å². The number of halogens is 2. The van der Waals surface area contributed by atoms with Crippen LogP contribution in [-0.2, 0) is 10.4 Å². The van der Waals surface area contributed by atoms with Gasteiger partial charge in [-0.15, -0.1) is 0 Å². The van der Waals surface area contributed by atoms with E-state index < -0.39 is 0 Å². The molecule has 0 aromatic heterocycles. The van der Waals surface area contributed by atoms with Crippen LogP contribution in [0, 0.1) is 5.92 Å². The van der Waals surface area contributed by atoms with E-state index in [-0.39, 0.29) is 5.54 Å². The van der Waals surface area contributed by atoms with Gasteiger partial charge in [0.1, 0.15) is 0 Å².